The predicted molar refractivity (Wildman–Crippen MR) is 167 cm³/mol. The lowest BCUT2D eigenvalue weighted by Gasteiger charge is -2.53. The summed E-state index contributed by atoms with van der Waals surface area (Å²) in [5, 5.41) is 0. The molecule has 0 unspecified atom stereocenters. The van der Waals surface area contributed by atoms with Crippen LogP contribution in [0.25, 0.3) is 0 Å². The number of hydrogen-bond acceptors (Lipinski definition) is 0. The first-order chi connectivity index (χ1) is 22.2. The zero-order valence-electron chi connectivity index (χ0n) is 21.9. The van der Waals surface area contributed by atoms with E-state index in [0.29, 0.717) is 0 Å². The normalized spacial score (nSPS) is 19.2. The van der Waals surface area contributed by atoms with Gasteiger partial charge in [0.2, 0.25) is 0 Å². The fourth-order valence-electron chi connectivity index (χ4n) is 5.84. The van der Waals surface area contributed by atoms with Gasteiger partial charge in [0.1, 0.15) is 0 Å². The summed E-state index contributed by atoms with van der Waals surface area (Å²) in [4.78, 5) is 0. The van der Waals surface area contributed by atoms with Crippen LogP contribution in [0.5, 0.6) is 0 Å². The van der Waals surface area contributed by atoms with Gasteiger partial charge in [0, 0.05) is 45.9 Å². The summed E-state index contributed by atoms with van der Waals surface area (Å²) >= 11 is 3.00. The molecule has 20 heteroatoms. The molecule has 0 amide bonds. The van der Waals surface area contributed by atoms with Gasteiger partial charge in [-0.3, -0.25) is 0 Å². The minimum Gasteiger partial charge on any atom is -0.203 e. The minimum absolute atomic E-state index is 0.749. The van der Waals surface area contributed by atoms with Gasteiger partial charge in [-0.15, -0.1) is 0 Å². The molecule has 5 rings (SSSR count). The maximum Gasteiger partial charge on any atom is 0.175 e. The molecule has 1 fully saturated rings. The molecule has 256 valence electrons. The third-order valence-electron chi connectivity index (χ3n) is 7.86. The molecule has 1 aliphatic rings. The maximum atomic E-state index is 15.5. The van der Waals surface area contributed by atoms with Crippen molar-refractivity contribution in [2.24, 2.45) is 0 Å². The topological polar surface area (TPSA) is 0 Å². The number of benzene rings is 4. The Labute approximate surface area is 311 Å². The van der Waals surface area contributed by atoms with Crippen molar-refractivity contribution in [2.75, 3.05) is 0 Å². The van der Waals surface area contributed by atoms with Gasteiger partial charge in [-0.05, 0) is 90.4 Å². The van der Waals surface area contributed by atoms with Crippen LogP contribution < -0.4 is 0 Å². The fraction of sp³-hybridized carbons (Fsp3) is 0.143. The summed E-state index contributed by atoms with van der Waals surface area (Å²) in [6.45, 7) is 0. The Bertz CT molecular complexity index is 1670. The Hall–Kier alpha value is -1.32. The Morgan fingerprint density at radius 1 is 0.208 bits per heavy atom. The van der Waals surface area contributed by atoms with Crippen LogP contribution in [0, 0.1) is 107 Å². The van der Waals surface area contributed by atoms with E-state index < -0.39 is 153 Å². The molecule has 0 saturated heterocycles. The van der Waals surface area contributed by atoms with Crippen LogP contribution in [0.1, 0.15) is 45.9 Å². The predicted octanol–water partition coefficient (Wildman–Crippen LogP) is 11.8. The van der Waals surface area contributed by atoms with E-state index in [1.807, 2.05) is 0 Å². The molecule has 0 atom stereocenters. The van der Waals surface area contributed by atoms with E-state index in [-0.39, 0.29) is 0 Å². The first-order valence-corrected chi connectivity index (χ1v) is 16.6. The number of hydrogen-bond donors (Lipinski definition) is 0. The average molecular weight is 1150 g/mol. The highest BCUT2D eigenvalue weighted by Gasteiger charge is 2.61. The third kappa shape index (κ3) is 5.31. The van der Waals surface area contributed by atoms with Gasteiger partial charge in [-0.1, -0.05) is 0 Å². The minimum atomic E-state index is -3.06. The van der Waals surface area contributed by atoms with Crippen molar-refractivity contribution in [3.05, 3.63) is 130 Å². The quantitative estimate of drug-likeness (QED) is 0.0827. The van der Waals surface area contributed by atoms with Crippen LogP contribution in [0.2, 0.25) is 0 Å². The van der Waals surface area contributed by atoms with Gasteiger partial charge in [0.05, 0.1) is 14.3 Å². The van der Waals surface area contributed by atoms with E-state index in [9.17, 15) is 35.1 Å². The molecule has 4 aromatic rings. The van der Waals surface area contributed by atoms with Gasteiger partial charge < -0.3 is 0 Å². The molecule has 48 heavy (non-hydrogen) atoms. The smallest absolute Gasteiger partial charge is 0.175 e. The number of halogens is 20. The Morgan fingerprint density at radius 2 is 0.312 bits per heavy atom. The van der Waals surface area contributed by atoms with Crippen LogP contribution in [0.4, 0.5) is 70.2 Å². The van der Waals surface area contributed by atoms with Crippen molar-refractivity contribution in [2.45, 2.75) is 23.7 Å². The fourth-order valence-corrected chi connectivity index (χ4v) is 7.74. The molecule has 1 saturated carbocycles. The molecule has 1 aliphatic carbocycles. The van der Waals surface area contributed by atoms with Crippen LogP contribution in [-0.2, 0) is 0 Å². The molecule has 0 heterocycles. The van der Waals surface area contributed by atoms with Crippen LogP contribution >= 0.6 is 90.4 Å². The molecule has 0 radical (unpaired) electrons. The second-order valence-electron chi connectivity index (χ2n) is 10.0. The van der Waals surface area contributed by atoms with Gasteiger partial charge >= 0.3 is 0 Å². The highest BCUT2D eigenvalue weighted by Crippen LogP contribution is 2.69. The average Bonchev–Trinajstić information content (AvgIpc) is 3.06. The monoisotopic (exact) mass is 1150 g/mol. The molecular formula is C28H4F16I4. The maximum absolute atomic E-state index is 15.5. The highest BCUT2D eigenvalue weighted by atomic mass is 127. The van der Waals surface area contributed by atoms with E-state index in [0.717, 1.165) is 90.4 Å². The van der Waals surface area contributed by atoms with E-state index in [4.69, 9.17) is 0 Å². The lowest BCUT2D eigenvalue weighted by atomic mass is 9.48. The standard InChI is InChI=1S/C28H4F16I4/c29-9-5(10(30)18(38)25(45)17(9)37)1-2(6-11(31)19(39)26(46)20(40)12(6)32)4(8-15(35)23(43)28(48)24(44)16(8)36)3(1)7-13(33)21(41)27(47)22(42)14(7)34/h1-4H. The van der Waals surface area contributed by atoms with Crippen molar-refractivity contribution in [1.82, 2.24) is 0 Å². The summed E-state index contributed by atoms with van der Waals surface area (Å²) < 4.78 is 237. The first-order valence-electron chi connectivity index (χ1n) is 12.3. The molecule has 0 N–H and O–H groups in total. The van der Waals surface area contributed by atoms with Crippen molar-refractivity contribution in [1.29, 1.82) is 0 Å². The SMILES string of the molecule is Fc1c(F)c(C2C(c3c(F)c(F)c(I)c(F)c3F)C(c3c(F)c(F)c(I)c(F)c3F)C2c2c(F)c(F)c(I)c(F)c2F)c(F)c(F)c1I. The largest absolute Gasteiger partial charge is 0.203 e. The number of rotatable bonds is 4. The second kappa shape index (κ2) is 13.3. The second-order valence-corrected chi connectivity index (χ2v) is 14.4. The van der Waals surface area contributed by atoms with Gasteiger partial charge in [-0.25, -0.2) is 70.2 Å². The van der Waals surface area contributed by atoms with Crippen LogP contribution in [-0.4, -0.2) is 0 Å². The van der Waals surface area contributed by atoms with Gasteiger partial charge in [-0.2, -0.15) is 0 Å². The molecule has 0 aromatic heterocycles. The summed E-state index contributed by atoms with van der Waals surface area (Å²) in [6.07, 6.45) is 0. The molecular weight excluding hydrogens is 1150 g/mol. The Morgan fingerprint density at radius 3 is 0.417 bits per heavy atom. The lowest BCUT2D eigenvalue weighted by molar-refractivity contribution is 0.180. The summed E-state index contributed by atoms with van der Waals surface area (Å²) in [6, 6.07) is 0. The zero-order valence-corrected chi connectivity index (χ0v) is 30.5. The van der Waals surface area contributed by atoms with E-state index in [1.165, 1.54) is 0 Å². The van der Waals surface area contributed by atoms with Crippen LogP contribution in [0.15, 0.2) is 0 Å². The van der Waals surface area contributed by atoms with E-state index in [2.05, 4.69) is 0 Å². The Balaban J connectivity index is 2.06. The van der Waals surface area contributed by atoms with Crippen molar-refractivity contribution >= 4 is 90.4 Å². The summed E-state index contributed by atoms with van der Waals surface area (Å²) in [5.74, 6) is -50.3. The molecule has 0 bridgehead atoms. The van der Waals surface area contributed by atoms with Crippen molar-refractivity contribution in [3.63, 3.8) is 0 Å². The summed E-state index contributed by atoms with van der Waals surface area (Å²) in [5.41, 5.74) is -8.28. The highest BCUT2D eigenvalue weighted by molar-refractivity contribution is 14.1. The first kappa shape index (κ1) is 37.9. The molecule has 4 aromatic carbocycles. The van der Waals surface area contributed by atoms with Crippen molar-refractivity contribution in [3.8, 4) is 0 Å². The third-order valence-corrected chi connectivity index (χ3v) is 11.6. The lowest BCUT2D eigenvalue weighted by Crippen LogP contribution is -2.44. The Kier molecular flexibility index (Phi) is 10.5. The molecule has 0 nitrogen and oxygen atoms in total. The van der Waals surface area contributed by atoms with Crippen molar-refractivity contribution < 1.29 is 70.2 Å². The summed E-state index contributed by atoms with van der Waals surface area (Å²) in [7, 11) is 0. The zero-order chi connectivity index (χ0) is 36.2. The van der Waals surface area contributed by atoms with E-state index in [1.54, 1.807) is 0 Å². The van der Waals surface area contributed by atoms with Gasteiger partial charge in [0.15, 0.2) is 93.1 Å². The van der Waals surface area contributed by atoms with Crippen LogP contribution in [0.3, 0.4) is 0 Å². The van der Waals surface area contributed by atoms with Gasteiger partial charge in [0.25, 0.3) is 0 Å². The van der Waals surface area contributed by atoms with E-state index >= 15 is 35.1 Å². The molecule has 0 aliphatic heterocycles. The molecule has 0 spiro atoms.